The molecular formula is C14H19NO4S. The van der Waals surface area contributed by atoms with Crippen molar-refractivity contribution in [2.75, 3.05) is 26.3 Å². The number of ether oxygens (including phenoxy) is 1. The van der Waals surface area contributed by atoms with Crippen molar-refractivity contribution in [1.82, 2.24) is 4.90 Å². The highest BCUT2D eigenvalue weighted by atomic mass is 32.1. The first kappa shape index (κ1) is 16.4. The average molecular weight is 297 g/mol. The van der Waals surface area contributed by atoms with Crippen molar-refractivity contribution in [1.29, 1.82) is 0 Å². The lowest BCUT2D eigenvalue weighted by atomic mass is 10.2. The van der Waals surface area contributed by atoms with E-state index in [1.165, 1.54) is 17.4 Å². The van der Waals surface area contributed by atoms with Gasteiger partial charge in [0.25, 0.3) is 5.91 Å². The molecule has 0 spiro atoms. The van der Waals surface area contributed by atoms with Gasteiger partial charge in [0.2, 0.25) is 0 Å². The number of nitrogens with zero attached hydrogens (tertiary/aromatic N) is 1. The number of rotatable bonds is 8. The van der Waals surface area contributed by atoms with E-state index in [9.17, 15) is 9.59 Å². The second kappa shape index (κ2) is 8.50. The van der Waals surface area contributed by atoms with Crippen LogP contribution in [-0.2, 0) is 9.53 Å². The molecule has 0 aliphatic heterocycles. The standard InChI is InChI=1S/C14H19NO4S/c1-3-15(7-8-19-4-2)14(18)11-9-12(20-10-11)5-6-13(16)17/h5-6,9-10H,3-4,7-8H2,1-2H3,(H,16,17). The zero-order valence-corrected chi connectivity index (χ0v) is 12.5. The highest BCUT2D eigenvalue weighted by molar-refractivity contribution is 7.11. The monoisotopic (exact) mass is 297 g/mol. The summed E-state index contributed by atoms with van der Waals surface area (Å²) < 4.78 is 5.25. The molecule has 1 heterocycles. The van der Waals surface area contributed by atoms with Crippen LogP contribution < -0.4 is 0 Å². The fraction of sp³-hybridized carbons (Fsp3) is 0.429. The fourth-order valence-electron chi connectivity index (χ4n) is 1.61. The Bertz CT molecular complexity index is 481. The van der Waals surface area contributed by atoms with Crippen molar-refractivity contribution in [3.8, 4) is 0 Å². The van der Waals surface area contributed by atoms with Gasteiger partial charge >= 0.3 is 5.97 Å². The topological polar surface area (TPSA) is 66.8 Å². The van der Waals surface area contributed by atoms with Gasteiger partial charge in [-0.15, -0.1) is 11.3 Å². The van der Waals surface area contributed by atoms with Crippen molar-refractivity contribution >= 4 is 29.3 Å². The lowest BCUT2D eigenvalue weighted by Gasteiger charge is -2.20. The molecule has 0 saturated carbocycles. The van der Waals surface area contributed by atoms with Crippen molar-refractivity contribution < 1.29 is 19.4 Å². The molecule has 0 aliphatic carbocycles. The number of hydrogen-bond donors (Lipinski definition) is 1. The summed E-state index contributed by atoms with van der Waals surface area (Å²) in [6.45, 7) is 6.15. The first-order chi connectivity index (χ1) is 9.58. The van der Waals surface area contributed by atoms with E-state index in [0.717, 1.165) is 11.0 Å². The van der Waals surface area contributed by atoms with Gasteiger partial charge in [-0.2, -0.15) is 0 Å². The number of carboxylic acids is 1. The average Bonchev–Trinajstić information content (AvgIpc) is 2.89. The van der Waals surface area contributed by atoms with Gasteiger partial charge in [-0.05, 0) is 26.0 Å². The Balaban J connectivity index is 2.67. The molecule has 0 saturated heterocycles. The Morgan fingerprint density at radius 1 is 1.45 bits per heavy atom. The minimum Gasteiger partial charge on any atom is -0.478 e. The molecular weight excluding hydrogens is 278 g/mol. The van der Waals surface area contributed by atoms with Crippen LogP contribution >= 0.6 is 11.3 Å². The fourth-order valence-corrected chi connectivity index (χ4v) is 2.38. The summed E-state index contributed by atoms with van der Waals surface area (Å²) in [6, 6.07) is 1.70. The van der Waals surface area contributed by atoms with Crippen LogP contribution in [0.4, 0.5) is 0 Å². The summed E-state index contributed by atoms with van der Waals surface area (Å²) in [5.41, 5.74) is 0.582. The van der Waals surface area contributed by atoms with Crippen molar-refractivity contribution in [2.24, 2.45) is 0 Å². The van der Waals surface area contributed by atoms with Crippen molar-refractivity contribution in [2.45, 2.75) is 13.8 Å². The van der Waals surface area contributed by atoms with Crippen LogP contribution in [0.15, 0.2) is 17.5 Å². The van der Waals surface area contributed by atoms with E-state index in [2.05, 4.69) is 0 Å². The van der Waals surface area contributed by atoms with Gasteiger partial charge in [-0.1, -0.05) is 0 Å². The lowest BCUT2D eigenvalue weighted by molar-refractivity contribution is -0.131. The SMILES string of the molecule is CCOCCN(CC)C(=O)c1csc(C=CC(=O)O)c1. The lowest BCUT2D eigenvalue weighted by Crippen LogP contribution is -2.33. The molecule has 6 heteroatoms. The van der Waals surface area contributed by atoms with Gasteiger partial charge in [-0.25, -0.2) is 4.79 Å². The first-order valence-electron chi connectivity index (χ1n) is 6.45. The van der Waals surface area contributed by atoms with Crippen molar-refractivity contribution in [3.63, 3.8) is 0 Å². The molecule has 5 nitrogen and oxygen atoms in total. The maximum atomic E-state index is 12.3. The molecule has 0 bridgehead atoms. The van der Waals surface area contributed by atoms with Crippen molar-refractivity contribution in [3.05, 3.63) is 28.0 Å². The van der Waals surface area contributed by atoms with Gasteiger partial charge in [0.05, 0.1) is 12.2 Å². The summed E-state index contributed by atoms with van der Waals surface area (Å²) in [7, 11) is 0. The van der Waals surface area contributed by atoms with Crippen LogP contribution in [0.2, 0.25) is 0 Å². The Morgan fingerprint density at radius 2 is 2.20 bits per heavy atom. The highest BCUT2D eigenvalue weighted by Gasteiger charge is 2.15. The molecule has 1 aromatic rings. The molecule has 0 unspecified atom stereocenters. The smallest absolute Gasteiger partial charge is 0.328 e. The molecule has 0 atom stereocenters. The normalized spacial score (nSPS) is 10.9. The predicted molar refractivity (Wildman–Crippen MR) is 79.1 cm³/mol. The summed E-state index contributed by atoms with van der Waals surface area (Å²) in [5.74, 6) is -1.06. The van der Waals surface area contributed by atoms with Crippen LogP contribution in [-0.4, -0.2) is 48.2 Å². The van der Waals surface area contributed by atoms with Crippen LogP contribution in [0.5, 0.6) is 0 Å². The van der Waals surface area contributed by atoms with E-state index < -0.39 is 5.97 Å². The third-order valence-electron chi connectivity index (χ3n) is 2.64. The number of likely N-dealkylation sites (N-methyl/N-ethyl adjacent to an activating group) is 1. The molecule has 1 N–H and O–H groups in total. The van der Waals surface area contributed by atoms with Gasteiger partial charge in [0, 0.05) is 36.0 Å². The number of aliphatic carboxylic acids is 1. The van der Waals surface area contributed by atoms with E-state index in [0.29, 0.717) is 31.9 Å². The maximum absolute atomic E-state index is 12.3. The number of carboxylic acid groups (broad SMARTS) is 1. The molecule has 0 radical (unpaired) electrons. The predicted octanol–water partition coefficient (Wildman–Crippen LogP) is 2.34. The molecule has 1 aromatic heterocycles. The zero-order valence-electron chi connectivity index (χ0n) is 11.7. The van der Waals surface area contributed by atoms with E-state index in [1.807, 2.05) is 13.8 Å². The quantitative estimate of drug-likeness (QED) is 0.591. The minimum absolute atomic E-state index is 0.0570. The second-order valence-electron chi connectivity index (χ2n) is 3.99. The van der Waals surface area contributed by atoms with E-state index >= 15 is 0 Å². The largest absolute Gasteiger partial charge is 0.478 e. The second-order valence-corrected chi connectivity index (χ2v) is 4.93. The Kier molecular flexibility index (Phi) is 6.97. The van der Waals surface area contributed by atoms with Crippen LogP contribution in [0.1, 0.15) is 29.1 Å². The maximum Gasteiger partial charge on any atom is 0.328 e. The first-order valence-corrected chi connectivity index (χ1v) is 7.33. The molecule has 20 heavy (non-hydrogen) atoms. The molecule has 0 aromatic carbocycles. The van der Waals surface area contributed by atoms with Gasteiger partial charge in [0.1, 0.15) is 0 Å². The molecule has 0 fully saturated rings. The van der Waals surface area contributed by atoms with E-state index in [-0.39, 0.29) is 5.91 Å². The minimum atomic E-state index is -1.00. The van der Waals surface area contributed by atoms with Gasteiger partial charge in [0.15, 0.2) is 0 Å². The molecule has 1 rings (SSSR count). The highest BCUT2D eigenvalue weighted by Crippen LogP contribution is 2.18. The Hall–Kier alpha value is -1.66. The molecule has 110 valence electrons. The summed E-state index contributed by atoms with van der Waals surface area (Å²) in [4.78, 5) is 25.2. The van der Waals surface area contributed by atoms with E-state index in [1.54, 1.807) is 16.3 Å². The number of carbonyl (C=O) groups excluding carboxylic acids is 1. The Morgan fingerprint density at radius 3 is 2.80 bits per heavy atom. The zero-order chi connectivity index (χ0) is 15.0. The molecule has 0 aliphatic rings. The molecule has 1 amide bonds. The number of amides is 1. The van der Waals surface area contributed by atoms with Crippen LogP contribution in [0.25, 0.3) is 6.08 Å². The van der Waals surface area contributed by atoms with Gasteiger partial charge in [-0.3, -0.25) is 4.79 Å². The van der Waals surface area contributed by atoms with Crippen LogP contribution in [0.3, 0.4) is 0 Å². The van der Waals surface area contributed by atoms with Crippen LogP contribution in [0, 0.1) is 0 Å². The number of thiophene rings is 1. The van der Waals surface area contributed by atoms with Gasteiger partial charge < -0.3 is 14.7 Å². The third kappa shape index (κ3) is 5.14. The Labute approximate surface area is 122 Å². The summed E-state index contributed by atoms with van der Waals surface area (Å²) >= 11 is 1.35. The summed E-state index contributed by atoms with van der Waals surface area (Å²) in [6.07, 6.45) is 2.55. The third-order valence-corrected chi connectivity index (χ3v) is 3.53. The van der Waals surface area contributed by atoms with E-state index in [4.69, 9.17) is 9.84 Å². The summed E-state index contributed by atoms with van der Waals surface area (Å²) in [5, 5.41) is 10.3. The number of carbonyl (C=O) groups is 2. The number of hydrogen-bond acceptors (Lipinski definition) is 4.